The molecule has 3 aromatic carbocycles. The zero-order valence-corrected chi connectivity index (χ0v) is 21.6. The largest absolute Gasteiger partial charge is 0.473 e. The standard InChI is InChI=1S/C28H22ClF3N2O6/c29-19-8-9-22(20(15-19)26-33-21-6-1-2-7-23(21)40-26)39-25(17-4-3-5-18(14-17)28(30,31)32)27(36)38-16-24(35)34-10-12-37-13-11-34/h1-9,14-15,25H,10-13,16H2. The van der Waals surface area contributed by atoms with Gasteiger partial charge < -0.3 is 23.5 Å². The van der Waals surface area contributed by atoms with E-state index in [0.29, 0.717) is 42.4 Å². The molecule has 4 aromatic rings. The Bertz CT molecular complexity index is 1500. The van der Waals surface area contributed by atoms with Gasteiger partial charge in [0.25, 0.3) is 5.91 Å². The first-order chi connectivity index (χ1) is 19.2. The van der Waals surface area contributed by atoms with Crippen LogP contribution in [0.4, 0.5) is 13.2 Å². The number of nitrogens with zero attached hydrogens (tertiary/aromatic N) is 2. The molecular formula is C28H22ClF3N2O6. The van der Waals surface area contributed by atoms with Crippen LogP contribution in [0.2, 0.25) is 5.02 Å². The molecule has 1 unspecified atom stereocenters. The maximum atomic E-state index is 13.5. The van der Waals surface area contributed by atoms with Gasteiger partial charge in [-0.25, -0.2) is 9.78 Å². The molecule has 1 aliphatic rings. The number of benzene rings is 3. The van der Waals surface area contributed by atoms with Gasteiger partial charge in [0.2, 0.25) is 12.0 Å². The third kappa shape index (κ3) is 6.21. The number of ether oxygens (including phenoxy) is 3. The molecule has 0 saturated carbocycles. The average Bonchev–Trinajstić information content (AvgIpc) is 3.39. The second kappa shape index (κ2) is 11.6. The minimum absolute atomic E-state index is 0.0508. The van der Waals surface area contributed by atoms with Crippen molar-refractivity contribution in [1.82, 2.24) is 9.88 Å². The molecular weight excluding hydrogens is 553 g/mol. The summed E-state index contributed by atoms with van der Waals surface area (Å²) < 4.78 is 62.8. The maximum absolute atomic E-state index is 13.5. The summed E-state index contributed by atoms with van der Waals surface area (Å²) in [6, 6.07) is 15.6. The normalized spacial score (nSPS) is 14.7. The monoisotopic (exact) mass is 574 g/mol. The van der Waals surface area contributed by atoms with E-state index in [9.17, 15) is 22.8 Å². The molecule has 0 aliphatic carbocycles. The van der Waals surface area contributed by atoms with Gasteiger partial charge in [0.1, 0.15) is 11.3 Å². The fourth-order valence-corrected chi connectivity index (χ4v) is 4.30. The SMILES string of the molecule is O=C(OCC(=O)N1CCOCC1)C(Oc1ccc(Cl)cc1-c1nc2ccccc2o1)c1cccc(C(F)(F)F)c1. The van der Waals surface area contributed by atoms with Crippen molar-refractivity contribution in [2.45, 2.75) is 12.3 Å². The molecule has 0 radical (unpaired) electrons. The number of carbonyl (C=O) groups excluding carboxylic acids is 2. The molecule has 1 aromatic heterocycles. The van der Waals surface area contributed by atoms with Gasteiger partial charge in [-0.15, -0.1) is 0 Å². The van der Waals surface area contributed by atoms with Crippen molar-refractivity contribution in [3.8, 4) is 17.2 Å². The van der Waals surface area contributed by atoms with Crippen molar-refractivity contribution in [3.05, 3.63) is 82.9 Å². The zero-order valence-electron chi connectivity index (χ0n) is 20.8. The van der Waals surface area contributed by atoms with Crippen LogP contribution < -0.4 is 4.74 Å². The number of oxazole rings is 1. The summed E-state index contributed by atoms with van der Waals surface area (Å²) in [7, 11) is 0. The molecule has 5 rings (SSSR count). The molecule has 12 heteroatoms. The number of rotatable bonds is 7. The van der Waals surface area contributed by atoms with Gasteiger partial charge in [0, 0.05) is 23.7 Å². The Morgan fingerprint density at radius 3 is 2.55 bits per heavy atom. The Hall–Kier alpha value is -4.09. The van der Waals surface area contributed by atoms with Gasteiger partial charge >= 0.3 is 12.1 Å². The first-order valence-corrected chi connectivity index (χ1v) is 12.6. The van der Waals surface area contributed by atoms with E-state index in [0.717, 1.165) is 18.2 Å². The van der Waals surface area contributed by atoms with Gasteiger partial charge in [-0.3, -0.25) is 4.79 Å². The van der Waals surface area contributed by atoms with Gasteiger partial charge in [0.05, 0.1) is 24.3 Å². The van der Waals surface area contributed by atoms with Crippen molar-refractivity contribution in [2.24, 2.45) is 0 Å². The van der Waals surface area contributed by atoms with Crippen molar-refractivity contribution in [2.75, 3.05) is 32.9 Å². The number of amides is 1. The lowest BCUT2D eigenvalue weighted by Crippen LogP contribution is -2.43. The lowest BCUT2D eigenvalue weighted by molar-refractivity contribution is -0.159. The van der Waals surface area contributed by atoms with Crippen LogP contribution in [0.15, 0.2) is 71.1 Å². The van der Waals surface area contributed by atoms with E-state index >= 15 is 0 Å². The number of esters is 1. The average molecular weight is 575 g/mol. The predicted molar refractivity (Wildman–Crippen MR) is 138 cm³/mol. The Morgan fingerprint density at radius 2 is 1.80 bits per heavy atom. The van der Waals surface area contributed by atoms with Crippen molar-refractivity contribution in [1.29, 1.82) is 0 Å². The molecule has 1 amide bonds. The highest BCUT2D eigenvalue weighted by Crippen LogP contribution is 2.38. The number of alkyl halides is 3. The quantitative estimate of drug-likeness (QED) is 0.262. The van der Waals surface area contributed by atoms with E-state index in [1.54, 1.807) is 24.3 Å². The van der Waals surface area contributed by atoms with Crippen LogP contribution >= 0.6 is 11.6 Å². The fourth-order valence-electron chi connectivity index (χ4n) is 4.13. The van der Waals surface area contributed by atoms with Crippen LogP contribution in [0.1, 0.15) is 17.2 Å². The minimum Gasteiger partial charge on any atom is -0.473 e. The summed E-state index contributed by atoms with van der Waals surface area (Å²) in [5.74, 6) is -1.34. The topological polar surface area (TPSA) is 91.1 Å². The van der Waals surface area contributed by atoms with E-state index < -0.39 is 36.3 Å². The number of carbonyl (C=O) groups is 2. The Morgan fingerprint density at radius 1 is 1.02 bits per heavy atom. The van der Waals surface area contributed by atoms with Crippen LogP contribution in [0, 0.1) is 0 Å². The summed E-state index contributed by atoms with van der Waals surface area (Å²) in [6.07, 6.45) is -6.33. The third-order valence-electron chi connectivity index (χ3n) is 6.14. The van der Waals surface area contributed by atoms with Crippen LogP contribution in [-0.4, -0.2) is 54.7 Å². The predicted octanol–water partition coefficient (Wildman–Crippen LogP) is 5.69. The molecule has 40 heavy (non-hydrogen) atoms. The van der Waals surface area contributed by atoms with E-state index in [1.165, 1.54) is 29.2 Å². The maximum Gasteiger partial charge on any atom is 0.416 e. The second-order valence-electron chi connectivity index (χ2n) is 8.85. The van der Waals surface area contributed by atoms with E-state index in [1.807, 2.05) is 0 Å². The Balaban J connectivity index is 1.47. The van der Waals surface area contributed by atoms with Gasteiger partial charge in [0.15, 0.2) is 12.2 Å². The number of hydrogen-bond donors (Lipinski definition) is 0. The highest BCUT2D eigenvalue weighted by Gasteiger charge is 2.34. The zero-order chi connectivity index (χ0) is 28.3. The summed E-state index contributed by atoms with van der Waals surface area (Å²) >= 11 is 6.22. The van der Waals surface area contributed by atoms with Gasteiger partial charge in [-0.1, -0.05) is 35.9 Å². The summed E-state index contributed by atoms with van der Waals surface area (Å²) in [4.78, 5) is 31.7. The first-order valence-electron chi connectivity index (χ1n) is 12.2. The summed E-state index contributed by atoms with van der Waals surface area (Å²) in [6.45, 7) is 0.761. The molecule has 2 heterocycles. The first kappa shape index (κ1) is 27.5. The number of para-hydroxylation sites is 2. The summed E-state index contributed by atoms with van der Waals surface area (Å²) in [5, 5.41) is 0.305. The summed E-state index contributed by atoms with van der Waals surface area (Å²) in [5.41, 5.74) is 0.193. The minimum atomic E-state index is -4.67. The smallest absolute Gasteiger partial charge is 0.416 e. The molecule has 1 saturated heterocycles. The molecule has 1 aliphatic heterocycles. The lowest BCUT2D eigenvalue weighted by atomic mass is 10.1. The van der Waals surface area contributed by atoms with E-state index in [2.05, 4.69) is 4.98 Å². The number of fused-ring (bicyclic) bond motifs is 1. The van der Waals surface area contributed by atoms with Crippen LogP contribution in [0.3, 0.4) is 0 Å². The van der Waals surface area contributed by atoms with Crippen molar-refractivity contribution in [3.63, 3.8) is 0 Å². The Kier molecular flexibility index (Phi) is 7.95. The van der Waals surface area contributed by atoms with Crippen molar-refractivity contribution < 1.29 is 41.4 Å². The number of hydrogen-bond acceptors (Lipinski definition) is 7. The number of aromatic nitrogens is 1. The van der Waals surface area contributed by atoms with Crippen LogP contribution in [0.5, 0.6) is 5.75 Å². The second-order valence-corrected chi connectivity index (χ2v) is 9.29. The third-order valence-corrected chi connectivity index (χ3v) is 6.38. The van der Waals surface area contributed by atoms with Gasteiger partial charge in [-0.05, 0) is 42.5 Å². The number of halogens is 4. The van der Waals surface area contributed by atoms with Gasteiger partial charge in [-0.2, -0.15) is 13.2 Å². The molecule has 0 N–H and O–H groups in total. The van der Waals surface area contributed by atoms with Crippen LogP contribution in [0.25, 0.3) is 22.6 Å². The molecule has 208 valence electrons. The highest BCUT2D eigenvalue weighted by atomic mass is 35.5. The Labute approximate surface area is 231 Å². The number of morpholine rings is 1. The molecule has 0 spiro atoms. The van der Waals surface area contributed by atoms with Crippen molar-refractivity contribution >= 4 is 34.6 Å². The molecule has 0 bridgehead atoms. The molecule has 1 fully saturated rings. The highest BCUT2D eigenvalue weighted by molar-refractivity contribution is 6.30. The van der Waals surface area contributed by atoms with E-state index in [4.69, 9.17) is 30.2 Å². The molecule has 1 atom stereocenters. The van der Waals surface area contributed by atoms with Crippen LogP contribution in [-0.2, 0) is 25.2 Å². The lowest BCUT2D eigenvalue weighted by Gasteiger charge is -2.27. The fraction of sp³-hybridized carbons (Fsp3) is 0.250. The molecule has 8 nitrogen and oxygen atoms in total. The van der Waals surface area contributed by atoms with E-state index in [-0.39, 0.29) is 22.8 Å².